The van der Waals surface area contributed by atoms with E-state index in [-0.39, 0.29) is 5.78 Å². The maximum atomic E-state index is 12.4. The Kier molecular flexibility index (Phi) is 5.64. The van der Waals surface area contributed by atoms with Crippen molar-refractivity contribution in [1.82, 2.24) is 4.37 Å². The number of nitrogens with zero attached hydrogens (tertiary/aromatic N) is 1. The summed E-state index contributed by atoms with van der Waals surface area (Å²) in [6, 6.07) is 7.48. The molecular weight excluding hydrogens is 310 g/mol. The van der Waals surface area contributed by atoms with Crippen LogP contribution in [-0.4, -0.2) is 15.9 Å². The number of carbonyl (C=O) groups is 1. The molecule has 0 spiro atoms. The molecule has 0 unspecified atom stereocenters. The second-order valence-electron chi connectivity index (χ2n) is 4.53. The molecule has 0 aliphatic rings. The fourth-order valence-corrected chi connectivity index (χ4v) is 4.03. The number of hydrogen-bond donors (Lipinski definition) is 0. The monoisotopic (exact) mass is 325 g/mol. The van der Waals surface area contributed by atoms with E-state index in [0.29, 0.717) is 16.3 Å². The van der Waals surface area contributed by atoms with Crippen molar-refractivity contribution in [2.24, 2.45) is 0 Å². The van der Waals surface area contributed by atoms with E-state index >= 15 is 0 Å². The Hall–Kier alpha value is -0.840. The Balaban J connectivity index is 2.16. The Morgan fingerprint density at radius 1 is 1.35 bits per heavy atom. The van der Waals surface area contributed by atoms with Gasteiger partial charge in [0.1, 0.15) is 9.90 Å². The highest BCUT2D eigenvalue weighted by Gasteiger charge is 2.19. The quantitative estimate of drug-likeness (QED) is 0.414. The van der Waals surface area contributed by atoms with E-state index in [1.165, 1.54) is 11.5 Å². The molecule has 1 aromatic heterocycles. The number of benzene rings is 1. The average molecular weight is 326 g/mol. The molecule has 1 heterocycles. The van der Waals surface area contributed by atoms with Gasteiger partial charge in [0, 0.05) is 5.56 Å². The van der Waals surface area contributed by atoms with Gasteiger partial charge in [-0.3, -0.25) is 4.79 Å². The number of halogens is 1. The van der Waals surface area contributed by atoms with Gasteiger partial charge in [0.05, 0.1) is 5.02 Å². The van der Waals surface area contributed by atoms with Crippen molar-refractivity contribution in [2.75, 3.05) is 5.75 Å². The van der Waals surface area contributed by atoms with Gasteiger partial charge in [-0.2, -0.15) is 4.37 Å². The van der Waals surface area contributed by atoms with Gasteiger partial charge in [-0.1, -0.05) is 54.8 Å². The first kappa shape index (κ1) is 15.5. The Labute approximate surface area is 132 Å². The first-order valence-corrected chi connectivity index (χ1v) is 8.66. The molecule has 0 aliphatic carbocycles. The Bertz CT molecular complexity index is 592. The summed E-state index contributed by atoms with van der Waals surface area (Å²) >= 11 is 9.28. The SMILES string of the molecule is CCCCSc1snc(C(=O)c2ccc(C)cc2)c1Cl. The van der Waals surface area contributed by atoms with Crippen LogP contribution in [-0.2, 0) is 0 Å². The summed E-state index contributed by atoms with van der Waals surface area (Å²) in [7, 11) is 0. The average Bonchev–Trinajstić information content (AvgIpc) is 2.81. The van der Waals surface area contributed by atoms with Crippen LogP contribution in [0.5, 0.6) is 0 Å². The summed E-state index contributed by atoms with van der Waals surface area (Å²) in [5.41, 5.74) is 2.13. The minimum absolute atomic E-state index is 0.103. The standard InChI is InChI=1S/C15H16ClNOS2/c1-3-4-9-19-15-12(16)13(17-20-15)14(18)11-7-5-10(2)6-8-11/h5-8H,3-4,9H2,1-2H3. The summed E-state index contributed by atoms with van der Waals surface area (Å²) in [5.74, 6) is 0.907. The van der Waals surface area contributed by atoms with Gasteiger partial charge in [-0.15, -0.1) is 11.8 Å². The number of thioether (sulfide) groups is 1. The highest BCUT2D eigenvalue weighted by atomic mass is 35.5. The second-order valence-corrected chi connectivity index (χ2v) is 7.04. The molecule has 0 N–H and O–H groups in total. The Morgan fingerprint density at radius 2 is 2.05 bits per heavy atom. The van der Waals surface area contributed by atoms with Crippen LogP contribution < -0.4 is 0 Å². The van der Waals surface area contributed by atoms with Crippen LogP contribution in [0.4, 0.5) is 0 Å². The molecule has 0 amide bonds. The number of carbonyl (C=O) groups excluding carboxylic acids is 1. The van der Waals surface area contributed by atoms with E-state index in [4.69, 9.17) is 11.6 Å². The van der Waals surface area contributed by atoms with E-state index in [0.717, 1.165) is 28.4 Å². The second kappa shape index (κ2) is 7.25. The Morgan fingerprint density at radius 3 is 2.70 bits per heavy atom. The lowest BCUT2D eigenvalue weighted by Crippen LogP contribution is -2.02. The zero-order valence-corrected chi connectivity index (χ0v) is 13.9. The van der Waals surface area contributed by atoms with Crippen LogP contribution >= 0.6 is 34.9 Å². The zero-order chi connectivity index (χ0) is 14.5. The molecule has 0 atom stereocenters. The molecule has 2 aromatic rings. The smallest absolute Gasteiger partial charge is 0.214 e. The van der Waals surface area contributed by atoms with E-state index in [9.17, 15) is 4.79 Å². The molecule has 0 saturated carbocycles. The molecular formula is C15H16ClNOS2. The minimum Gasteiger partial charge on any atom is -0.287 e. The van der Waals surface area contributed by atoms with Gasteiger partial charge in [0.15, 0.2) is 0 Å². The number of rotatable bonds is 6. The summed E-state index contributed by atoms with van der Waals surface area (Å²) in [6.45, 7) is 4.15. The van der Waals surface area contributed by atoms with Crippen molar-refractivity contribution in [1.29, 1.82) is 0 Å². The van der Waals surface area contributed by atoms with E-state index in [2.05, 4.69) is 11.3 Å². The largest absolute Gasteiger partial charge is 0.287 e. The molecule has 0 bridgehead atoms. The van der Waals surface area contributed by atoms with Gasteiger partial charge in [0.2, 0.25) is 5.78 Å². The molecule has 5 heteroatoms. The fourth-order valence-electron chi connectivity index (χ4n) is 1.65. The van der Waals surface area contributed by atoms with Crippen molar-refractivity contribution < 1.29 is 4.79 Å². The van der Waals surface area contributed by atoms with Gasteiger partial charge >= 0.3 is 0 Å². The lowest BCUT2D eigenvalue weighted by Gasteiger charge is -2.00. The predicted molar refractivity (Wildman–Crippen MR) is 87.4 cm³/mol. The molecule has 0 aliphatic heterocycles. The third-order valence-corrected chi connectivity index (χ3v) is 5.64. The number of aromatic nitrogens is 1. The van der Waals surface area contributed by atoms with Crippen molar-refractivity contribution in [2.45, 2.75) is 30.9 Å². The molecule has 0 radical (unpaired) electrons. The van der Waals surface area contributed by atoms with Crippen molar-refractivity contribution >= 4 is 40.7 Å². The van der Waals surface area contributed by atoms with Crippen LogP contribution in [0.2, 0.25) is 5.02 Å². The van der Waals surface area contributed by atoms with Crippen molar-refractivity contribution in [3.63, 3.8) is 0 Å². The zero-order valence-electron chi connectivity index (χ0n) is 11.5. The van der Waals surface area contributed by atoms with Gasteiger partial charge in [0.25, 0.3) is 0 Å². The van der Waals surface area contributed by atoms with Gasteiger partial charge < -0.3 is 0 Å². The minimum atomic E-state index is -0.103. The lowest BCUT2D eigenvalue weighted by molar-refractivity contribution is 0.103. The molecule has 0 fully saturated rings. The summed E-state index contributed by atoms with van der Waals surface area (Å²) in [6.07, 6.45) is 2.29. The van der Waals surface area contributed by atoms with Crippen molar-refractivity contribution in [3.8, 4) is 0 Å². The normalized spacial score (nSPS) is 10.8. The van der Waals surface area contributed by atoms with Crippen LogP contribution in [0.25, 0.3) is 0 Å². The van der Waals surface area contributed by atoms with Gasteiger partial charge in [-0.05, 0) is 30.6 Å². The third kappa shape index (κ3) is 3.62. The van der Waals surface area contributed by atoms with Crippen molar-refractivity contribution in [3.05, 3.63) is 46.1 Å². The maximum absolute atomic E-state index is 12.4. The number of unbranched alkanes of at least 4 members (excludes halogenated alkanes) is 1. The molecule has 106 valence electrons. The number of ketones is 1. The summed E-state index contributed by atoms with van der Waals surface area (Å²) in [5, 5.41) is 0.502. The number of hydrogen-bond acceptors (Lipinski definition) is 4. The topological polar surface area (TPSA) is 30.0 Å². The third-order valence-electron chi connectivity index (χ3n) is 2.87. The molecule has 0 saturated heterocycles. The number of aryl methyl sites for hydroxylation is 1. The van der Waals surface area contributed by atoms with Crippen LogP contribution in [0.1, 0.15) is 41.4 Å². The molecule has 20 heavy (non-hydrogen) atoms. The van der Waals surface area contributed by atoms with Crippen LogP contribution in [0, 0.1) is 6.92 Å². The molecule has 1 aromatic carbocycles. The van der Waals surface area contributed by atoms with E-state index in [1.54, 1.807) is 11.8 Å². The highest BCUT2D eigenvalue weighted by molar-refractivity contribution is 8.01. The van der Waals surface area contributed by atoms with Crippen LogP contribution in [0.15, 0.2) is 28.5 Å². The van der Waals surface area contributed by atoms with E-state index < -0.39 is 0 Å². The fraction of sp³-hybridized carbons (Fsp3) is 0.333. The summed E-state index contributed by atoms with van der Waals surface area (Å²) in [4.78, 5) is 12.4. The summed E-state index contributed by atoms with van der Waals surface area (Å²) < 4.78 is 5.17. The van der Waals surface area contributed by atoms with Crippen LogP contribution in [0.3, 0.4) is 0 Å². The molecule has 2 rings (SSSR count). The highest BCUT2D eigenvalue weighted by Crippen LogP contribution is 2.35. The van der Waals surface area contributed by atoms with Gasteiger partial charge in [-0.25, -0.2) is 0 Å². The predicted octanol–water partition coefficient (Wildman–Crippen LogP) is 5.23. The van der Waals surface area contributed by atoms with E-state index in [1.807, 2.05) is 31.2 Å². The lowest BCUT2D eigenvalue weighted by atomic mass is 10.1. The maximum Gasteiger partial charge on any atom is 0.214 e. The first-order chi connectivity index (χ1) is 9.63. The molecule has 2 nitrogen and oxygen atoms in total. The first-order valence-electron chi connectivity index (χ1n) is 6.52.